The summed E-state index contributed by atoms with van der Waals surface area (Å²) in [7, 11) is 7.59. The molecule has 0 aliphatic carbocycles. The van der Waals surface area contributed by atoms with Crippen LogP contribution in [0.3, 0.4) is 0 Å². The highest BCUT2D eigenvalue weighted by atomic mass is 35.5. The molecule has 4 heterocycles. The number of carbonyl (C=O) groups excluding carboxylic acids is 3. The van der Waals surface area contributed by atoms with Crippen LogP contribution in [0, 0.1) is 0 Å². The van der Waals surface area contributed by atoms with Crippen LogP contribution in [0.4, 0.5) is 0 Å². The number of carboxylic acid groups (broad SMARTS) is 1. The predicted octanol–water partition coefficient (Wildman–Crippen LogP) is 5.99. The maximum absolute atomic E-state index is 11.9. The van der Waals surface area contributed by atoms with E-state index in [1.165, 1.54) is 79.1 Å². The lowest BCUT2D eigenvalue weighted by Gasteiger charge is -2.00. The molecule has 0 saturated heterocycles. The molecule has 9 nitrogen and oxygen atoms in total. The second-order valence-corrected chi connectivity index (χ2v) is 15.5. The molecule has 4 aromatic heterocycles. The van der Waals surface area contributed by atoms with Gasteiger partial charge in [0, 0.05) is 120 Å². The van der Waals surface area contributed by atoms with Crippen LogP contribution in [0.5, 0.6) is 0 Å². The maximum atomic E-state index is 11.9. The first-order valence-corrected chi connectivity index (χ1v) is 19.9. The number of ketones is 2. The summed E-state index contributed by atoms with van der Waals surface area (Å²) in [6, 6.07) is 10.9. The molecule has 0 bridgehead atoms. The highest BCUT2D eigenvalue weighted by Crippen LogP contribution is 2.14. The van der Waals surface area contributed by atoms with Crippen LogP contribution in [-0.2, 0) is 72.7 Å². The van der Waals surface area contributed by atoms with Gasteiger partial charge in [-0.05, 0) is 83.6 Å². The third-order valence-corrected chi connectivity index (χ3v) is 11.6. The molecule has 248 valence electrons. The number of nitrogens with zero attached hydrogens (tertiary/aromatic N) is 2. The molecule has 0 aliphatic heterocycles. The average Bonchev–Trinajstić information content (AvgIpc) is 3.87. The quantitative estimate of drug-likeness (QED) is 0.0774. The van der Waals surface area contributed by atoms with Gasteiger partial charge in [0.1, 0.15) is 0 Å². The lowest BCUT2D eigenvalue weighted by Crippen LogP contribution is -2.14. The van der Waals surface area contributed by atoms with Gasteiger partial charge in [-0.2, -0.15) is 22.7 Å². The van der Waals surface area contributed by atoms with Crippen molar-refractivity contribution in [3.63, 3.8) is 0 Å². The van der Waals surface area contributed by atoms with Gasteiger partial charge in [0.15, 0.2) is 11.6 Å². The van der Waals surface area contributed by atoms with Crippen molar-refractivity contribution in [2.45, 2.75) is 0 Å². The molecule has 0 saturated carbocycles. The number of amides is 1. The minimum absolute atomic E-state index is 0. The summed E-state index contributed by atoms with van der Waals surface area (Å²) in [5.41, 5.74) is 6.07. The molecule has 3 N–H and O–H groups in total. The smallest absolute Gasteiger partial charge is 0.328 e. The molecule has 0 fully saturated rings. The van der Waals surface area contributed by atoms with E-state index in [9.17, 15) is 19.2 Å². The molecule has 0 spiro atoms. The minimum atomic E-state index is -0.990. The Morgan fingerprint density at radius 1 is 0.702 bits per heavy atom. The molecule has 17 heteroatoms. The van der Waals surface area contributed by atoms with Gasteiger partial charge in [-0.25, -0.2) is 10.3 Å². The predicted molar refractivity (Wildman–Crippen MR) is 206 cm³/mol. The number of hydrogen-bond acceptors (Lipinski definition) is 9. The van der Waals surface area contributed by atoms with Crippen LogP contribution in [0.2, 0.25) is 0 Å². The van der Waals surface area contributed by atoms with E-state index in [-0.39, 0.29) is 24.0 Å². The number of halogens is 1. The molecular formula is C30H28ClN3O6S7. The van der Waals surface area contributed by atoms with E-state index in [1.807, 2.05) is 52.2 Å². The molecule has 1 amide bonds. The van der Waals surface area contributed by atoms with Crippen LogP contribution >= 0.6 is 35.1 Å². The van der Waals surface area contributed by atoms with E-state index < -0.39 is 11.9 Å². The number of allylic oxidation sites excluding steroid dienone is 2. The summed E-state index contributed by atoms with van der Waals surface area (Å²) in [5, 5.41) is 24.3. The van der Waals surface area contributed by atoms with Crippen LogP contribution < -0.4 is 5.48 Å². The lowest BCUT2D eigenvalue weighted by molar-refractivity contribution is -0.131. The summed E-state index contributed by atoms with van der Waals surface area (Å²) in [6.45, 7) is 0. The second-order valence-electron chi connectivity index (χ2n) is 8.59. The SMILES string of the molecule is Cl.Cn1c(/C=C/C(=O)NO)ccc1/C=C/C(=O)c1ccsc1.Cn1c(/C=C/C(=O)O)ccc1/C=C/C(=O)c1ccsc1.S=S=S=S=S. The number of thiophene rings is 2. The number of hydroxylamine groups is 1. The molecule has 4 aromatic rings. The Morgan fingerprint density at radius 2 is 1.09 bits per heavy atom. The molecule has 0 unspecified atom stereocenters. The summed E-state index contributed by atoms with van der Waals surface area (Å²) in [4.78, 5) is 45.1. The largest absolute Gasteiger partial charge is 0.478 e. The van der Waals surface area contributed by atoms with Gasteiger partial charge in [-0.3, -0.25) is 19.6 Å². The Labute approximate surface area is 303 Å². The first-order chi connectivity index (χ1) is 22.1. The van der Waals surface area contributed by atoms with Crippen molar-refractivity contribution in [1.82, 2.24) is 14.6 Å². The number of nitrogens with one attached hydrogen (secondary N) is 1. The molecule has 0 radical (unpaired) electrons. The fourth-order valence-electron chi connectivity index (χ4n) is 3.45. The summed E-state index contributed by atoms with van der Waals surface area (Å²) in [6.07, 6.45) is 11.9. The lowest BCUT2D eigenvalue weighted by atomic mass is 10.2. The minimum Gasteiger partial charge on any atom is -0.478 e. The van der Waals surface area contributed by atoms with Crippen LogP contribution in [0.25, 0.3) is 24.3 Å². The summed E-state index contributed by atoms with van der Waals surface area (Å²) < 4.78 is 3.65. The van der Waals surface area contributed by atoms with Gasteiger partial charge in [0.05, 0.1) is 0 Å². The number of aliphatic carboxylic acids is 1. The molecule has 0 aromatic carbocycles. The van der Waals surface area contributed by atoms with E-state index in [4.69, 9.17) is 10.3 Å². The third-order valence-electron chi connectivity index (χ3n) is 5.79. The monoisotopic (exact) mass is 785 g/mol. The number of aromatic nitrogens is 2. The van der Waals surface area contributed by atoms with Crippen LogP contribution in [0.1, 0.15) is 43.5 Å². The van der Waals surface area contributed by atoms with Gasteiger partial charge in [-0.1, -0.05) is 0 Å². The van der Waals surface area contributed by atoms with Crippen molar-refractivity contribution in [3.05, 3.63) is 116 Å². The maximum Gasteiger partial charge on any atom is 0.328 e. The highest BCUT2D eigenvalue weighted by molar-refractivity contribution is 8.59. The molecule has 0 atom stereocenters. The molecule has 0 aliphatic rings. The Balaban J connectivity index is 0.000000404. The molecule has 4 rings (SSSR count). The zero-order chi connectivity index (χ0) is 33.9. The fourth-order valence-corrected chi connectivity index (χ4v) is 7.48. The number of carboxylic acids is 1. The van der Waals surface area contributed by atoms with Crippen molar-refractivity contribution >= 4 is 132 Å². The summed E-state index contributed by atoms with van der Waals surface area (Å²) in [5.74, 6) is -1.68. The Kier molecular flexibility index (Phi) is 20.3. The van der Waals surface area contributed by atoms with Crippen molar-refractivity contribution in [2.24, 2.45) is 14.1 Å². The van der Waals surface area contributed by atoms with Crippen molar-refractivity contribution < 1.29 is 29.5 Å². The standard InChI is InChI=1S/C15H14N2O3S.C15H13NO3S.ClH.S5/c1-17-12(2-3-13(17)5-7-15(19)16-20)4-6-14(18)11-8-9-21-10-11;1-16-12(2-3-13(16)5-7-15(18)19)4-6-14(17)11-8-9-20-10-11;;1-3-5-4-2/h2-10,20H,1H3,(H,16,19);2-10H,1H3,(H,18,19);1H;/b2*6-4+,7-5+;;. The number of rotatable bonds is 10. The van der Waals surface area contributed by atoms with Gasteiger partial charge in [0.25, 0.3) is 5.91 Å². The Bertz CT molecular complexity index is 1880. The van der Waals surface area contributed by atoms with E-state index in [1.54, 1.807) is 47.2 Å². The third kappa shape index (κ3) is 14.9. The number of carbonyl (C=O) groups is 4. The fraction of sp³-hybridized carbons (Fsp3) is 0.0667. The highest BCUT2D eigenvalue weighted by Gasteiger charge is 2.05. The van der Waals surface area contributed by atoms with Gasteiger partial charge in [0.2, 0.25) is 0 Å². The van der Waals surface area contributed by atoms with Crippen LogP contribution in [0.15, 0.2) is 82.2 Å². The van der Waals surface area contributed by atoms with E-state index in [2.05, 4.69) is 22.4 Å². The summed E-state index contributed by atoms with van der Waals surface area (Å²) >= 11 is 11.8. The van der Waals surface area contributed by atoms with Crippen molar-refractivity contribution in [2.75, 3.05) is 0 Å². The van der Waals surface area contributed by atoms with Gasteiger partial charge >= 0.3 is 5.97 Å². The van der Waals surface area contributed by atoms with E-state index in [0.29, 0.717) is 11.1 Å². The van der Waals surface area contributed by atoms with Gasteiger partial charge < -0.3 is 14.2 Å². The Morgan fingerprint density at radius 3 is 1.38 bits per heavy atom. The topological polar surface area (TPSA) is 131 Å². The van der Waals surface area contributed by atoms with Gasteiger partial charge in [-0.15, -0.1) is 12.4 Å². The van der Waals surface area contributed by atoms with E-state index in [0.717, 1.165) is 28.9 Å². The molecule has 47 heavy (non-hydrogen) atoms. The second kappa shape index (κ2) is 23.0. The van der Waals surface area contributed by atoms with E-state index >= 15 is 0 Å². The number of hydrogen-bond donors (Lipinski definition) is 3. The zero-order valence-electron chi connectivity index (χ0n) is 24.6. The Hall–Kier alpha value is -3.45. The first kappa shape index (κ1) is 41.6. The molecular weight excluding hydrogens is 758 g/mol. The van der Waals surface area contributed by atoms with Crippen molar-refractivity contribution in [3.8, 4) is 0 Å². The normalized spacial score (nSPS) is 10.5. The average molecular weight is 786 g/mol. The zero-order valence-corrected chi connectivity index (χ0v) is 31.1. The van der Waals surface area contributed by atoms with Crippen molar-refractivity contribution in [1.29, 1.82) is 0 Å². The van der Waals surface area contributed by atoms with Crippen LogP contribution in [-0.4, -0.2) is 42.9 Å². The first-order valence-electron chi connectivity index (χ1n) is 12.7.